The van der Waals surface area contributed by atoms with E-state index in [-0.39, 0.29) is 18.3 Å². The highest BCUT2D eigenvalue weighted by molar-refractivity contribution is 6.37. The molecule has 0 unspecified atom stereocenters. The summed E-state index contributed by atoms with van der Waals surface area (Å²) in [7, 11) is 3.41. The fourth-order valence-electron chi connectivity index (χ4n) is 1.53. The van der Waals surface area contributed by atoms with E-state index in [4.69, 9.17) is 28.9 Å². The summed E-state index contributed by atoms with van der Waals surface area (Å²) in [6.45, 7) is 2.88. The third-order valence-electron chi connectivity index (χ3n) is 2.56. The largest absolute Gasteiger partial charge is 0.382 e. The van der Waals surface area contributed by atoms with E-state index < -0.39 is 0 Å². The molecule has 5 nitrogen and oxygen atoms in total. The molecule has 1 aromatic rings. The van der Waals surface area contributed by atoms with Crippen LogP contribution in [-0.4, -0.2) is 43.0 Å². The number of nitrogen functional groups attached to an aromatic ring is 1. The number of nitrogens with two attached hydrogens (primary N) is 1. The van der Waals surface area contributed by atoms with Gasteiger partial charge in [-0.15, -0.1) is 0 Å². The van der Waals surface area contributed by atoms with E-state index in [9.17, 15) is 4.79 Å². The zero-order chi connectivity index (χ0) is 14.6. The van der Waals surface area contributed by atoms with E-state index in [2.05, 4.69) is 4.98 Å². The Hall–Kier alpha value is -1.20. The van der Waals surface area contributed by atoms with Crippen molar-refractivity contribution < 1.29 is 4.79 Å². The van der Waals surface area contributed by atoms with Gasteiger partial charge in [0, 0.05) is 20.6 Å². The van der Waals surface area contributed by atoms with Crippen molar-refractivity contribution in [1.29, 1.82) is 0 Å². The Morgan fingerprint density at radius 1 is 1.37 bits per heavy atom. The maximum Gasteiger partial charge on any atom is 0.241 e. The molecule has 0 atom stereocenters. The molecule has 0 saturated carbocycles. The fraction of sp³-hybridized carbons (Fsp3) is 0.500. The summed E-state index contributed by atoms with van der Waals surface area (Å²) in [5.41, 5.74) is 5.69. The Labute approximate surface area is 123 Å². The van der Waals surface area contributed by atoms with Crippen molar-refractivity contribution in [3.63, 3.8) is 0 Å². The van der Waals surface area contributed by atoms with Crippen LogP contribution in [0.2, 0.25) is 10.0 Å². The number of hydrogen-bond donors (Lipinski definition) is 1. The lowest BCUT2D eigenvalue weighted by Gasteiger charge is -2.25. The number of anilines is 2. The smallest absolute Gasteiger partial charge is 0.241 e. The summed E-state index contributed by atoms with van der Waals surface area (Å²) in [5, 5.41) is 0.698. The van der Waals surface area contributed by atoms with Gasteiger partial charge in [-0.05, 0) is 12.5 Å². The van der Waals surface area contributed by atoms with Gasteiger partial charge in [0.2, 0.25) is 5.91 Å². The molecule has 0 aromatic carbocycles. The molecule has 0 saturated heterocycles. The van der Waals surface area contributed by atoms with Crippen LogP contribution < -0.4 is 10.6 Å². The molecule has 106 valence electrons. The van der Waals surface area contributed by atoms with E-state index in [1.165, 1.54) is 4.90 Å². The number of halogens is 2. The summed E-state index contributed by atoms with van der Waals surface area (Å²) < 4.78 is 0. The van der Waals surface area contributed by atoms with Crippen molar-refractivity contribution in [3.8, 4) is 0 Å². The van der Waals surface area contributed by atoms with Crippen LogP contribution in [0.25, 0.3) is 0 Å². The van der Waals surface area contributed by atoms with E-state index in [0.29, 0.717) is 22.4 Å². The SMILES string of the molecule is CCCN(CC(=O)N(C)C)c1nc(N)c(Cl)cc1Cl. The molecule has 0 aliphatic rings. The summed E-state index contributed by atoms with van der Waals surface area (Å²) in [6.07, 6.45) is 0.862. The highest BCUT2D eigenvalue weighted by Crippen LogP contribution is 2.30. The molecule has 0 spiro atoms. The van der Waals surface area contributed by atoms with Crippen LogP contribution >= 0.6 is 23.2 Å². The molecule has 1 aromatic heterocycles. The molecule has 0 radical (unpaired) electrons. The van der Waals surface area contributed by atoms with Crippen molar-refractivity contribution in [2.24, 2.45) is 0 Å². The Morgan fingerprint density at radius 2 is 2.00 bits per heavy atom. The third kappa shape index (κ3) is 4.14. The molecular weight excluding hydrogens is 287 g/mol. The number of amides is 1. The fourth-order valence-corrected chi connectivity index (χ4v) is 2.00. The average Bonchev–Trinajstić information content (AvgIpc) is 2.33. The van der Waals surface area contributed by atoms with E-state index in [1.54, 1.807) is 25.1 Å². The minimum absolute atomic E-state index is 0.0279. The highest BCUT2D eigenvalue weighted by atomic mass is 35.5. The van der Waals surface area contributed by atoms with Crippen molar-refractivity contribution in [2.75, 3.05) is 37.8 Å². The van der Waals surface area contributed by atoms with Gasteiger partial charge in [-0.25, -0.2) is 4.98 Å². The van der Waals surface area contributed by atoms with Gasteiger partial charge in [0.05, 0.1) is 16.6 Å². The molecule has 0 aliphatic heterocycles. The molecule has 7 heteroatoms. The second-order valence-electron chi connectivity index (χ2n) is 4.37. The number of carbonyl (C=O) groups excluding carboxylic acids is 1. The number of pyridine rings is 1. The normalized spacial score (nSPS) is 10.4. The van der Waals surface area contributed by atoms with Crippen LogP contribution in [0, 0.1) is 0 Å². The summed E-state index contributed by atoms with van der Waals surface area (Å²) >= 11 is 12.0. The maximum atomic E-state index is 11.8. The van der Waals surface area contributed by atoms with Crippen molar-refractivity contribution in [3.05, 3.63) is 16.1 Å². The van der Waals surface area contributed by atoms with Crippen LogP contribution in [0.15, 0.2) is 6.07 Å². The first-order valence-corrected chi connectivity index (χ1v) is 6.69. The first-order chi connectivity index (χ1) is 8.86. The van der Waals surface area contributed by atoms with Crippen molar-refractivity contribution >= 4 is 40.7 Å². The highest BCUT2D eigenvalue weighted by Gasteiger charge is 2.17. The van der Waals surface area contributed by atoms with Gasteiger partial charge in [0.15, 0.2) is 0 Å². The Balaban J connectivity index is 3.05. The van der Waals surface area contributed by atoms with Crippen LogP contribution in [0.3, 0.4) is 0 Å². The predicted molar refractivity (Wildman–Crippen MR) is 79.9 cm³/mol. The molecule has 1 heterocycles. The zero-order valence-electron chi connectivity index (χ0n) is 11.3. The lowest BCUT2D eigenvalue weighted by Crippen LogP contribution is -2.37. The van der Waals surface area contributed by atoms with E-state index >= 15 is 0 Å². The molecular formula is C12H18Cl2N4O. The summed E-state index contributed by atoms with van der Waals surface area (Å²) in [5.74, 6) is 0.667. The molecule has 2 N–H and O–H groups in total. The average molecular weight is 305 g/mol. The number of hydrogen-bond acceptors (Lipinski definition) is 4. The second-order valence-corrected chi connectivity index (χ2v) is 5.18. The van der Waals surface area contributed by atoms with Crippen molar-refractivity contribution in [1.82, 2.24) is 9.88 Å². The second kappa shape index (κ2) is 6.82. The zero-order valence-corrected chi connectivity index (χ0v) is 12.8. The standard InChI is InChI=1S/C12H18Cl2N4O/c1-4-5-18(7-10(19)17(2)3)12-9(14)6-8(13)11(15)16-12/h6H,4-5,7H2,1-3H3,(H2,15,16). The topological polar surface area (TPSA) is 62.5 Å². The molecule has 1 amide bonds. The minimum atomic E-state index is -0.0279. The predicted octanol–water partition coefficient (Wildman–Crippen LogP) is 2.28. The van der Waals surface area contributed by atoms with Crippen LogP contribution in [0.4, 0.5) is 11.6 Å². The van der Waals surface area contributed by atoms with Crippen LogP contribution in [-0.2, 0) is 4.79 Å². The maximum absolute atomic E-state index is 11.8. The third-order valence-corrected chi connectivity index (χ3v) is 3.14. The first kappa shape index (κ1) is 15.9. The molecule has 0 fully saturated rings. The lowest BCUT2D eigenvalue weighted by atomic mass is 10.3. The number of nitrogens with zero attached hydrogens (tertiary/aromatic N) is 3. The van der Waals surface area contributed by atoms with E-state index in [0.717, 1.165) is 6.42 Å². The first-order valence-electron chi connectivity index (χ1n) is 5.93. The molecule has 0 bridgehead atoms. The lowest BCUT2D eigenvalue weighted by molar-refractivity contribution is -0.127. The van der Waals surface area contributed by atoms with Gasteiger partial charge in [0.1, 0.15) is 11.6 Å². The van der Waals surface area contributed by atoms with Gasteiger partial charge in [0.25, 0.3) is 0 Å². The van der Waals surface area contributed by atoms with Gasteiger partial charge in [-0.1, -0.05) is 30.1 Å². The Kier molecular flexibility index (Phi) is 5.69. The monoisotopic (exact) mass is 304 g/mol. The number of carbonyl (C=O) groups is 1. The summed E-state index contributed by atoms with van der Waals surface area (Å²) in [6, 6.07) is 1.55. The quantitative estimate of drug-likeness (QED) is 0.906. The molecule has 0 aliphatic carbocycles. The Bertz CT molecular complexity index is 465. The number of likely N-dealkylation sites (N-methyl/N-ethyl adjacent to an activating group) is 1. The Morgan fingerprint density at radius 3 is 2.53 bits per heavy atom. The van der Waals surface area contributed by atoms with Gasteiger partial charge >= 0.3 is 0 Å². The van der Waals surface area contributed by atoms with Gasteiger partial charge in [-0.3, -0.25) is 4.79 Å². The van der Waals surface area contributed by atoms with Gasteiger partial charge < -0.3 is 15.5 Å². The number of aromatic nitrogens is 1. The van der Waals surface area contributed by atoms with E-state index in [1.807, 2.05) is 6.92 Å². The molecule has 1 rings (SSSR count). The van der Waals surface area contributed by atoms with Crippen molar-refractivity contribution in [2.45, 2.75) is 13.3 Å². The van der Waals surface area contributed by atoms with Crippen LogP contribution in [0.1, 0.15) is 13.3 Å². The minimum Gasteiger partial charge on any atom is -0.382 e. The van der Waals surface area contributed by atoms with Crippen LogP contribution in [0.5, 0.6) is 0 Å². The molecule has 19 heavy (non-hydrogen) atoms. The summed E-state index contributed by atoms with van der Waals surface area (Å²) in [4.78, 5) is 19.3. The number of rotatable bonds is 5. The van der Waals surface area contributed by atoms with Gasteiger partial charge in [-0.2, -0.15) is 0 Å².